The van der Waals surface area contributed by atoms with Crippen molar-refractivity contribution < 1.29 is 18.9 Å². The Kier molecular flexibility index (Phi) is 4.68. The summed E-state index contributed by atoms with van der Waals surface area (Å²) in [6.45, 7) is 8.46. The van der Waals surface area contributed by atoms with E-state index >= 15 is 0 Å². The molecule has 2 N–H and O–H groups in total. The van der Waals surface area contributed by atoms with E-state index in [2.05, 4.69) is 20.8 Å². The van der Waals surface area contributed by atoms with Crippen LogP contribution in [-0.4, -0.2) is 15.4 Å². The summed E-state index contributed by atoms with van der Waals surface area (Å²) >= 11 is 0. The second-order valence-corrected chi connectivity index (χ2v) is 9.07. The van der Waals surface area contributed by atoms with Gasteiger partial charge in [-0.15, -0.1) is 0 Å². The number of hydrogen-bond donors (Lipinski definition) is 2. The van der Waals surface area contributed by atoms with Gasteiger partial charge in [-0.1, -0.05) is 46.5 Å². The molecule has 0 aromatic heterocycles. The molecular formula is C16H31O4P. The Morgan fingerprint density at radius 3 is 2.14 bits per heavy atom. The molecule has 0 bridgehead atoms. The molecule has 2 aliphatic carbocycles. The number of hydrogen-bond acceptors (Lipinski definition) is 2. The summed E-state index contributed by atoms with van der Waals surface area (Å²) < 4.78 is 16.7. The summed E-state index contributed by atoms with van der Waals surface area (Å²) in [4.78, 5) is 18.6. The molecule has 2 atom stereocenters. The predicted octanol–water partition coefficient (Wildman–Crippen LogP) is 4.65. The summed E-state index contributed by atoms with van der Waals surface area (Å²) in [6, 6.07) is 0. The molecular weight excluding hydrogens is 287 g/mol. The second kappa shape index (κ2) is 5.63. The molecule has 2 saturated carbocycles. The first kappa shape index (κ1) is 17.5. The van der Waals surface area contributed by atoms with Crippen molar-refractivity contribution in [3.8, 4) is 0 Å². The van der Waals surface area contributed by atoms with Crippen molar-refractivity contribution in [1.29, 1.82) is 0 Å². The summed E-state index contributed by atoms with van der Waals surface area (Å²) in [5.74, 6) is 0.479. The van der Waals surface area contributed by atoms with E-state index in [1.165, 1.54) is 32.1 Å². The van der Waals surface area contributed by atoms with Gasteiger partial charge >= 0.3 is 7.82 Å². The topological polar surface area (TPSA) is 66.8 Å². The Hall–Kier alpha value is 0.110. The van der Waals surface area contributed by atoms with Gasteiger partial charge in [0.15, 0.2) is 0 Å². The largest absolute Gasteiger partial charge is 0.470 e. The van der Waals surface area contributed by atoms with Crippen LogP contribution in [0, 0.1) is 16.7 Å². The van der Waals surface area contributed by atoms with Crippen molar-refractivity contribution in [2.75, 3.05) is 0 Å². The van der Waals surface area contributed by atoms with Crippen molar-refractivity contribution in [2.24, 2.45) is 16.7 Å². The first-order valence-electron chi connectivity index (χ1n) is 8.33. The SMILES string of the molecule is CCC1(C2CCC(C)(OP(=O)(O)O)C2(C)C)CCCCC1. The minimum Gasteiger partial charge on any atom is -0.303 e. The molecule has 0 heterocycles. The second-order valence-electron chi connectivity index (χ2n) is 7.90. The smallest absolute Gasteiger partial charge is 0.303 e. The summed E-state index contributed by atoms with van der Waals surface area (Å²) in [5.41, 5.74) is -0.629. The molecule has 0 spiro atoms. The van der Waals surface area contributed by atoms with Gasteiger partial charge in [-0.05, 0) is 49.4 Å². The van der Waals surface area contributed by atoms with Crippen LogP contribution in [0.15, 0.2) is 0 Å². The van der Waals surface area contributed by atoms with E-state index in [-0.39, 0.29) is 5.41 Å². The fraction of sp³-hybridized carbons (Fsp3) is 1.00. The van der Waals surface area contributed by atoms with Gasteiger partial charge in [0.2, 0.25) is 0 Å². The zero-order valence-electron chi connectivity index (χ0n) is 13.9. The van der Waals surface area contributed by atoms with Gasteiger partial charge in [0, 0.05) is 0 Å². The lowest BCUT2D eigenvalue weighted by atomic mass is 9.56. The highest BCUT2D eigenvalue weighted by Crippen LogP contribution is 2.65. The van der Waals surface area contributed by atoms with Crippen molar-refractivity contribution in [2.45, 2.75) is 84.7 Å². The molecule has 5 heteroatoms. The third-order valence-electron chi connectivity index (χ3n) is 6.76. The Morgan fingerprint density at radius 1 is 1.10 bits per heavy atom. The highest BCUT2D eigenvalue weighted by Gasteiger charge is 2.60. The van der Waals surface area contributed by atoms with Crippen LogP contribution in [0.3, 0.4) is 0 Å². The molecule has 0 aliphatic heterocycles. The molecule has 124 valence electrons. The standard InChI is InChI=1S/C16H31O4P/c1-5-16(10-7-6-8-11-16)13-9-12-15(4,14(13,2)3)20-21(17,18)19/h13H,5-12H2,1-4H3,(H2,17,18,19). The molecule has 4 nitrogen and oxygen atoms in total. The Bertz CT molecular complexity index is 422. The third kappa shape index (κ3) is 3.10. The van der Waals surface area contributed by atoms with E-state index in [4.69, 9.17) is 4.52 Å². The molecule has 0 aromatic carbocycles. The minimum absolute atomic E-state index is 0.221. The number of rotatable bonds is 4. The minimum atomic E-state index is -4.46. The van der Waals surface area contributed by atoms with Crippen molar-refractivity contribution in [1.82, 2.24) is 0 Å². The highest BCUT2D eigenvalue weighted by atomic mass is 31.2. The molecule has 0 amide bonds. The summed E-state index contributed by atoms with van der Waals surface area (Å²) in [7, 11) is -4.46. The van der Waals surface area contributed by atoms with Gasteiger partial charge < -0.3 is 9.79 Å². The van der Waals surface area contributed by atoms with Crippen LogP contribution in [-0.2, 0) is 9.09 Å². The van der Waals surface area contributed by atoms with E-state index in [9.17, 15) is 14.4 Å². The van der Waals surface area contributed by atoms with Crippen molar-refractivity contribution >= 4 is 7.82 Å². The molecule has 2 rings (SSSR count). The number of phosphoric ester groups is 1. The zero-order chi connectivity index (χ0) is 15.9. The predicted molar refractivity (Wildman–Crippen MR) is 83.8 cm³/mol. The zero-order valence-corrected chi connectivity index (χ0v) is 14.8. The van der Waals surface area contributed by atoms with Gasteiger partial charge in [0.25, 0.3) is 0 Å². The van der Waals surface area contributed by atoms with E-state index in [1.807, 2.05) is 6.92 Å². The number of phosphoric acid groups is 1. The maximum Gasteiger partial charge on any atom is 0.470 e. The average Bonchev–Trinajstić information content (AvgIpc) is 2.59. The van der Waals surface area contributed by atoms with Gasteiger partial charge in [0.05, 0.1) is 5.60 Å². The van der Waals surface area contributed by atoms with Gasteiger partial charge in [0.1, 0.15) is 0 Å². The maximum absolute atomic E-state index is 11.4. The van der Waals surface area contributed by atoms with Crippen LogP contribution in [0.1, 0.15) is 79.1 Å². The Labute approximate surface area is 128 Å². The van der Waals surface area contributed by atoms with Crippen molar-refractivity contribution in [3.63, 3.8) is 0 Å². The molecule has 2 aliphatic rings. The lowest BCUT2D eigenvalue weighted by molar-refractivity contribution is -0.0747. The first-order chi connectivity index (χ1) is 9.56. The highest BCUT2D eigenvalue weighted by molar-refractivity contribution is 7.46. The fourth-order valence-corrected chi connectivity index (χ4v) is 6.02. The summed E-state index contributed by atoms with van der Waals surface area (Å²) in [5, 5.41) is 0. The van der Waals surface area contributed by atoms with Gasteiger partial charge in [-0.2, -0.15) is 0 Å². The molecule has 0 radical (unpaired) electrons. The normalized spacial score (nSPS) is 35.8. The first-order valence-corrected chi connectivity index (χ1v) is 9.86. The van der Waals surface area contributed by atoms with Crippen LogP contribution in [0.5, 0.6) is 0 Å². The lowest BCUT2D eigenvalue weighted by Gasteiger charge is -2.51. The van der Waals surface area contributed by atoms with E-state index in [0.717, 1.165) is 19.3 Å². The van der Waals surface area contributed by atoms with E-state index < -0.39 is 13.4 Å². The Morgan fingerprint density at radius 2 is 1.67 bits per heavy atom. The maximum atomic E-state index is 11.4. The van der Waals surface area contributed by atoms with Crippen LogP contribution in [0.25, 0.3) is 0 Å². The molecule has 2 unspecified atom stereocenters. The lowest BCUT2D eigenvalue weighted by Crippen LogP contribution is -2.47. The third-order valence-corrected chi connectivity index (χ3v) is 7.40. The van der Waals surface area contributed by atoms with Crippen LogP contribution >= 0.6 is 7.82 Å². The molecule has 0 saturated heterocycles. The molecule has 2 fully saturated rings. The Balaban J connectivity index is 2.29. The van der Waals surface area contributed by atoms with Gasteiger partial charge in [-0.3, -0.25) is 4.52 Å². The van der Waals surface area contributed by atoms with Crippen LogP contribution in [0.4, 0.5) is 0 Å². The molecule has 0 aromatic rings. The average molecular weight is 318 g/mol. The van der Waals surface area contributed by atoms with Gasteiger partial charge in [-0.25, -0.2) is 4.57 Å². The fourth-order valence-electron chi connectivity index (χ4n) is 5.17. The summed E-state index contributed by atoms with van der Waals surface area (Å²) in [6.07, 6.45) is 9.31. The quantitative estimate of drug-likeness (QED) is 0.740. The molecule has 21 heavy (non-hydrogen) atoms. The van der Waals surface area contributed by atoms with E-state index in [1.54, 1.807) is 0 Å². The van der Waals surface area contributed by atoms with Crippen LogP contribution < -0.4 is 0 Å². The monoisotopic (exact) mass is 318 g/mol. The van der Waals surface area contributed by atoms with E-state index in [0.29, 0.717) is 11.3 Å². The van der Waals surface area contributed by atoms with Crippen LogP contribution in [0.2, 0.25) is 0 Å². The van der Waals surface area contributed by atoms with Crippen molar-refractivity contribution in [3.05, 3.63) is 0 Å².